The molecule has 1 aromatic rings. The zero-order valence-electron chi connectivity index (χ0n) is 19.2. The number of likely N-dealkylation sites (N-methyl/N-ethyl adjacent to an activating group) is 2. The van der Waals surface area contributed by atoms with Crippen molar-refractivity contribution in [2.24, 2.45) is 0 Å². The highest BCUT2D eigenvalue weighted by atomic mass is 16.2. The molecule has 0 aliphatic carbocycles. The van der Waals surface area contributed by atoms with Gasteiger partial charge in [0.05, 0.1) is 0 Å². The average Bonchev–Trinajstić information content (AvgIpc) is 3.41. The van der Waals surface area contributed by atoms with E-state index in [4.69, 9.17) is 0 Å². The molecule has 0 aromatic heterocycles. The van der Waals surface area contributed by atoms with Crippen LogP contribution in [0.4, 0.5) is 21.0 Å². The molecule has 2 atom stereocenters. The van der Waals surface area contributed by atoms with E-state index < -0.39 is 0 Å². The average molecular weight is 431 g/mol. The molecule has 2 aliphatic heterocycles. The van der Waals surface area contributed by atoms with Crippen molar-refractivity contribution in [3.63, 3.8) is 0 Å². The van der Waals surface area contributed by atoms with E-state index in [2.05, 4.69) is 44.9 Å². The van der Waals surface area contributed by atoms with Gasteiger partial charge in [-0.05, 0) is 76.5 Å². The number of amides is 4. The van der Waals surface area contributed by atoms with Crippen molar-refractivity contribution in [2.75, 3.05) is 49.9 Å². The standard InChI is InChI=1S/C23H38N6O2/c1-4-28-12-6-8-19(28)15-24-22(30)26-18-11-10-17(3)21(14-18)27-23(31)25-16-20-9-7-13-29(20)5-2/h10-11,14,19-20H,4-9,12-13,15-16H2,1-3H3,(H2,24,26,30)(H2,25,27,31)/t19-,20-/m1/s1. The number of carbonyl (C=O) groups excluding carboxylic acids is 2. The topological polar surface area (TPSA) is 88.7 Å². The van der Waals surface area contributed by atoms with Crippen LogP contribution in [0, 0.1) is 6.92 Å². The molecule has 4 amide bonds. The second-order valence-corrected chi connectivity index (χ2v) is 8.55. The fourth-order valence-electron chi connectivity index (χ4n) is 4.68. The monoisotopic (exact) mass is 430 g/mol. The number of rotatable bonds is 8. The number of aryl methyl sites for hydroxylation is 1. The van der Waals surface area contributed by atoms with Crippen LogP contribution in [0.1, 0.15) is 45.1 Å². The lowest BCUT2D eigenvalue weighted by Crippen LogP contribution is -2.41. The summed E-state index contributed by atoms with van der Waals surface area (Å²) >= 11 is 0. The number of benzene rings is 1. The van der Waals surface area contributed by atoms with Gasteiger partial charge in [-0.1, -0.05) is 19.9 Å². The summed E-state index contributed by atoms with van der Waals surface area (Å²) in [4.78, 5) is 29.6. The second kappa shape index (κ2) is 11.3. The molecule has 0 saturated carbocycles. The predicted octanol–water partition coefficient (Wildman–Crippen LogP) is 3.21. The summed E-state index contributed by atoms with van der Waals surface area (Å²) in [5.41, 5.74) is 2.30. The van der Waals surface area contributed by atoms with Crippen LogP contribution in [0.2, 0.25) is 0 Å². The van der Waals surface area contributed by atoms with Crippen molar-refractivity contribution >= 4 is 23.4 Å². The Kier molecular flexibility index (Phi) is 8.54. The number of nitrogens with one attached hydrogen (secondary N) is 4. The zero-order chi connectivity index (χ0) is 22.2. The number of nitrogens with zero attached hydrogens (tertiary/aromatic N) is 2. The number of anilines is 2. The lowest BCUT2D eigenvalue weighted by molar-refractivity contribution is 0.237. The first-order valence-electron chi connectivity index (χ1n) is 11.7. The maximum absolute atomic E-state index is 12.4. The number of hydrogen-bond acceptors (Lipinski definition) is 4. The molecule has 0 unspecified atom stereocenters. The van der Waals surface area contributed by atoms with Crippen LogP contribution in [-0.2, 0) is 0 Å². The Balaban J connectivity index is 1.47. The number of urea groups is 2. The molecule has 172 valence electrons. The fraction of sp³-hybridized carbons (Fsp3) is 0.652. The normalized spacial score (nSPS) is 21.8. The summed E-state index contributed by atoms with van der Waals surface area (Å²) in [5, 5.41) is 11.8. The number of hydrogen-bond donors (Lipinski definition) is 4. The van der Waals surface area contributed by atoms with Crippen LogP contribution in [0.5, 0.6) is 0 Å². The molecule has 0 bridgehead atoms. The zero-order valence-corrected chi connectivity index (χ0v) is 19.2. The third kappa shape index (κ3) is 6.58. The predicted molar refractivity (Wildman–Crippen MR) is 126 cm³/mol. The van der Waals surface area contributed by atoms with E-state index in [1.165, 1.54) is 12.8 Å². The van der Waals surface area contributed by atoms with Gasteiger partial charge in [0.15, 0.2) is 0 Å². The minimum atomic E-state index is -0.219. The van der Waals surface area contributed by atoms with Gasteiger partial charge in [-0.3, -0.25) is 9.80 Å². The summed E-state index contributed by atoms with van der Waals surface area (Å²) in [6.07, 6.45) is 4.62. The van der Waals surface area contributed by atoms with E-state index in [1.54, 1.807) is 6.07 Å². The molecule has 0 spiro atoms. The Hall–Kier alpha value is -2.32. The van der Waals surface area contributed by atoms with Crippen molar-refractivity contribution < 1.29 is 9.59 Å². The van der Waals surface area contributed by atoms with E-state index in [0.29, 0.717) is 36.5 Å². The van der Waals surface area contributed by atoms with Crippen LogP contribution in [0.25, 0.3) is 0 Å². The minimum Gasteiger partial charge on any atom is -0.336 e. The largest absolute Gasteiger partial charge is 0.336 e. The van der Waals surface area contributed by atoms with Crippen molar-refractivity contribution in [2.45, 2.75) is 58.5 Å². The highest BCUT2D eigenvalue weighted by Gasteiger charge is 2.24. The lowest BCUT2D eigenvalue weighted by Gasteiger charge is -2.23. The molecule has 8 heteroatoms. The molecule has 4 N–H and O–H groups in total. The summed E-state index contributed by atoms with van der Waals surface area (Å²) in [7, 11) is 0. The van der Waals surface area contributed by atoms with Gasteiger partial charge < -0.3 is 21.3 Å². The highest BCUT2D eigenvalue weighted by molar-refractivity contribution is 5.93. The molecule has 2 fully saturated rings. The molecule has 8 nitrogen and oxygen atoms in total. The van der Waals surface area contributed by atoms with Gasteiger partial charge in [-0.15, -0.1) is 0 Å². The van der Waals surface area contributed by atoms with Crippen molar-refractivity contribution in [1.29, 1.82) is 0 Å². The minimum absolute atomic E-state index is 0.214. The summed E-state index contributed by atoms with van der Waals surface area (Å²) in [6.45, 7) is 11.8. The second-order valence-electron chi connectivity index (χ2n) is 8.55. The van der Waals surface area contributed by atoms with Gasteiger partial charge >= 0.3 is 12.1 Å². The fourth-order valence-corrected chi connectivity index (χ4v) is 4.68. The Bertz CT molecular complexity index is 756. The quantitative estimate of drug-likeness (QED) is 0.510. The molecule has 0 radical (unpaired) electrons. The van der Waals surface area contributed by atoms with Crippen molar-refractivity contribution in [1.82, 2.24) is 20.4 Å². The van der Waals surface area contributed by atoms with Crippen molar-refractivity contribution in [3.8, 4) is 0 Å². The van der Waals surface area contributed by atoms with E-state index in [-0.39, 0.29) is 12.1 Å². The Morgan fingerprint density at radius 1 is 0.903 bits per heavy atom. The van der Waals surface area contributed by atoms with Crippen LogP contribution in [-0.4, -0.2) is 73.2 Å². The molecule has 2 aliphatic rings. The third-order valence-corrected chi connectivity index (χ3v) is 6.55. The number of likely N-dealkylation sites (tertiary alicyclic amines) is 2. The number of carbonyl (C=O) groups is 2. The summed E-state index contributed by atoms with van der Waals surface area (Å²) < 4.78 is 0. The molecular formula is C23H38N6O2. The van der Waals surface area contributed by atoms with Gasteiger partial charge in [0.25, 0.3) is 0 Å². The maximum atomic E-state index is 12.4. The Morgan fingerprint density at radius 3 is 2.00 bits per heavy atom. The SMILES string of the molecule is CCN1CCC[C@@H]1CNC(=O)Nc1ccc(C)c(NC(=O)NC[C@H]2CCCN2CC)c1. The smallest absolute Gasteiger partial charge is 0.319 e. The molecule has 2 saturated heterocycles. The van der Waals surface area contributed by atoms with E-state index in [9.17, 15) is 9.59 Å². The van der Waals surface area contributed by atoms with Crippen LogP contribution < -0.4 is 21.3 Å². The van der Waals surface area contributed by atoms with Crippen LogP contribution in [0.3, 0.4) is 0 Å². The highest BCUT2D eigenvalue weighted by Crippen LogP contribution is 2.21. The molecular weight excluding hydrogens is 392 g/mol. The van der Waals surface area contributed by atoms with Crippen molar-refractivity contribution in [3.05, 3.63) is 23.8 Å². The summed E-state index contributed by atoms with van der Waals surface area (Å²) in [5.74, 6) is 0. The molecule has 2 heterocycles. The Labute approximate surface area is 186 Å². The van der Waals surface area contributed by atoms with E-state index >= 15 is 0 Å². The first-order chi connectivity index (χ1) is 15.0. The van der Waals surface area contributed by atoms with Gasteiger partial charge in [0.1, 0.15) is 0 Å². The van der Waals surface area contributed by atoms with Crippen LogP contribution in [0.15, 0.2) is 18.2 Å². The van der Waals surface area contributed by atoms with Crippen LogP contribution >= 0.6 is 0 Å². The van der Waals surface area contributed by atoms with E-state index in [0.717, 1.165) is 44.6 Å². The van der Waals surface area contributed by atoms with E-state index in [1.807, 2.05) is 19.1 Å². The third-order valence-electron chi connectivity index (χ3n) is 6.55. The van der Waals surface area contributed by atoms with Gasteiger partial charge in [-0.2, -0.15) is 0 Å². The molecule has 1 aromatic carbocycles. The molecule has 3 rings (SSSR count). The maximum Gasteiger partial charge on any atom is 0.319 e. The van der Waals surface area contributed by atoms with Gasteiger partial charge in [0.2, 0.25) is 0 Å². The Morgan fingerprint density at radius 2 is 1.45 bits per heavy atom. The molecule has 31 heavy (non-hydrogen) atoms. The lowest BCUT2D eigenvalue weighted by atomic mass is 10.2. The first-order valence-corrected chi connectivity index (χ1v) is 11.7. The van der Waals surface area contributed by atoms with Gasteiger partial charge in [0, 0.05) is 36.5 Å². The summed E-state index contributed by atoms with van der Waals surface area (Å²) in [6, 6.07) is 5.95. The first kappa shape index (κ1) is 23.3. The van der Waals surface area contributed by atoms with Gasteiger partial charge in [-0.25, -0.2) is 9.59 Å².